The van der Waals surface area contributed by atoms with Gasteiger partial charge in [0.15, 0.2) is 0 Å². The second kappa shape index (κ2) is 7.16. The van der Waals surface area contributed by atoms with Crippen LogP contribution >= 0.6 is 11.3 Å². The molecule has 0 aliphatic carbocycles. The van der Waals surface area contributed by atoms with Crippen molar-refractivity contribution in [2.45, 2.75) is 32.2 Å². The summed E-state index contributed by atoms with van der Waals surface area (Å²) in [6.07, 6.45) is 2.34. The fourth-order valence-electron chi connectivity index (χ4n) is 2.66. The highest BCUT2D eigenvalue weighted by Crippen LogP contribution is 2.36. The Morgan fingerprint density at radius 3 is 2.90 bits per heavy atom. The Bertz CT molecular complexity index is 561. The van der Waals surface area contributed by atoms with Crippen LogP contribution in [-0.4, -0.2) is 24.7 Å². The highest BCUT2D eigenvalue weighted by atomic mass is 32.1. The molecule has 2 aromatic rings. The predicted octanol–water partition coefficient (Wildman–Crippen LogP) is 3.81. The monoisotopic (exact) mass is 302 g/mol. The number of benzene rings is 1. The van der Waals surface area contributed by atoms with Crippen LogP contribution in [0.3, 0.4) is 0 Å². The average Bonchev–Trinajstić information content (AvgIpc) is 2.99. The third-order valence-electron chi connectivity index (χ3n) is 3.80. The lowest BCUT2D eigenvalue weighted by molar-refractivity contribution is 0.0803. The van der Waals surface area contributed by atoms with E-state index in [-0.39, 0.29) is 0 Å². The molecule has 112 valence electrons. The topological polar surface area (TPSA) is 34.2 Å². The van der Waals surface area contributed by atoms with Crippen molar-refractivity contribution in [2.24, 2.45) is 0 Å². The Hall–Kier alpha value is -1.23. The lowest BCUT2D eigenvalue weighted by Gasteiger charge is -2.19. The largest absolute Gasteiger partial charge is 0.381 e. The highest BCUT2D eigenvalue weighted by molar-refractivity contribution is 7.15. The van der Waals surface area contributed by atoms with Crippen LogP contribution in [0.15, 0.2) is 30.3 Å². The van der Waals surface area contributed by atoms with E-state index in [1.165, 1.54) is 27.6 Å². The first-order valence-corrected chi connectivity index (χ1v) is 8.53. The molecule has 0 saturated carbocycles. The minimum absolute atomic E-state index is 0.474. The normalized spacial score (nSPS) is 18.8. The molecule has 3 nitrogen and oxygen atoms in total. The molecule has 1 aromatic heterocycles. The Balaban J connectivity index is 1.90. The van der Waals surface area contributed by atoms with E-state index < -0.39 is 0 Å². The summed E-state index contributed by atoms with van der Waals surface area (Å²) in [6.45, 7) is 5.66. The standard InChI is InChI=1S/C17H22N2OS/c1-2-18-11-15-16(13-7-4-3-5-8-13)21-17(19-15)14-9-6-10-20-12-14/h3-5,7-8,14,18H,2,6,9-12H2,1H3. The van der Waals surface area contributed by atoms with Crippen LogP contribution in [0.5, 0.6) is 0 Å². The van der Waals surface area contributed by atoms with E-state index in [1.807, 2.05) is 11.3 Å². The van der Waals surface area contributed by atoms with Gasteiger partial charge >= 0.3 is 0 Å². The van der Waals surface area contributed by atoms with Gasteiger partial charge in [-0.05, 0) is 24.9 Å². The molecule has 1 atom stereocenters. The molecule has 0 amide bonds. The van der Waals surface area contributed by atoms with Gasteiger partial charge in [-0.2, -0.15) is 0 Å². The smallest absolute Gasteiger partial charge is 0.0989 e. The van der Waals surface area contributed by atoms with Crippen molar-refractivity contribution in [2.75, 3.05) is 19.8 Å². The second-order valence-corrected chi connectivity index (χ2v) is 6.42. The Kier molecular flexibility index (Phi) is 5.01. The Morgan fingerprint density at radius 2 is 2.19 bits per heavy atom. The summed E-state index contributed by atoms with van der Waals surface area (Å²) in [5.74, 6) is 0.474. The number of hydrogen-bond acceptors (Lipinski definition) is 4. The average molecular weight is 302 g/mol. The lowest BCUT2D eigenvalue weighted by Crippen LogP contribution is -2.16. The summed E-state index contributed by atoms with van der Waals surface area (Å²) >= 11 is 1.84. The molecule has 2 heterocycles. The number of aromatic nitrogens is 1. The first kappa shape index (κ1) is 14.7. The molecule has 1 N–H and O–H groups in total. The van der Waals surface area contributed by atoms with Gasteiger partial charge in [0.05, 0.1) is 22.2 Å². The number of rotatable bonds is 5. The molecule has 0 bridgehead atoms. The fourth-order valence-corrected chi connectivity index (χ4v) is 3.87. The lowest BCUT2D eigenvalue weighted by atomic mass is 10.0. The van der Waals surface area contributed by atoms with E-state index in [2.05, 4.69) is 42.6 Å². The molecule has 1 aliphatic rings. The molecule has 1 saturated heterocycles. The van der Waals surface area contributed by atoms with Gasteiger partial charge in [0.25, 0.3) is 0 Å². The molecule has 1 aliphatic heterocycles. The van der Waals surface area contributed by atoms with Gasteiger partial charge in [0.1, 0.15) is 0 Å². The zero-order valence-electron chi connectivity index (χ0n) is 12.5. The predicted molar refractivity (Wildman–Crippen MR) is 87.7 cm³/mol. The second-order valence-electron chi connectivity index (χ2n) is 5.39. The molecule has 1 aromatic carbocycles. The summed E-state index contributed by atoms with van der Waals surface area (Å²) in [5.41, 5.74) is 2.44. The summed E-state index contributed by atoms with van der Waals surface area (Å²) in [5, 5.41) is 4.64. The Labute approximate surface area is 130 Å². The SMILES string of the molecule is CCNCc1nc(C2CCCOC2)sc1-c1ccccc1. The van der Waals surface area contributed by atoms with Crippen molar-refractivity contribution in [3.63, 3.8) is 0 Å². The van der Waals surface area contributed by atoms with Gasteiger partial charge in [-0.1, -0.05) is 37.3 Å². The molecular formula is C17H22N2OS. The first-order chi connectivity index (χ1) is 10.4. The number of nitrogens with zero attached hydrogens (tertiary/aromatic N) is 1. The van der Waals surface area contributed by atoms with Crippen LogP contribution in [0.4, 0.5) is 0 Å². The van der Waals surface area contributed by atoms with Gasteiger partial charge in [-0.15, -0.1) is 11.3 Å². The Morgan fingerprint density at radius 1 is 1.33 bits per heavy atom. The van der Waals surface area contributed by atoms with Crippen molar-refractivity contribution in [1.82, 2.24) is 10.3 Å². The maximum atomic E-state index is 5.62. The molecule has 3 rings (SSSR count). The maximum absolute atomic E-state index is 5.62. The van der Waals surface area contributed by atoms with Crippen molar-refractivity contribution >= 4 is 11.3 Å². The zero-order chi connectivity index (χ0) is 14.5. The zero-order valence-corrected chi connectivity index (χ0v) is 13.3. The van der Waals surface area contributed by atoms with Gasteiger partial charge in [-0.25, -0.2) is 4.98 Å². The van der Waals surface area contributed by atoms with E-state index >= 15 is 0 Å². The highest BCUT2D eigenvalue weighted by Gasteiger charge is 2.22. The molecular weight excluding hydrogens is 280 g/mol. The minimum Gasteiger partial charge on any atom is -0.381 e. The molecule has 4 heteroatoms. The molecule has 0 spiro atoms. The van der Waals surface area contributed by atoms with Crippen LogP contribution in [-0.2, 0) is 11.3 Å². The van der Waals surface area contributed by atoms with Crippen molar-refractivity contribution in [3.05, 3.63) is 41.0 Å². The number of hydrogen-bond donors (Lipinski definition) is 1. The maximum Gasteiger partial charge on any atom is 0.0989 e. The third kappa shape index (κ3) is 3.51. The van der Waals surface area contributed by atoms with Crippen molar-refractivity contribution in [1.29, 1.82) is 0 Å². The van der Waals surface area contributed by atoms with E-state index in [4.69, 9.17) is 9.72 Å². The van der Waals surface area contributed by atoms with Crippen LogP contribution in [0.2, 0.25) is 0 Å². The summed E-state index contributed by atoms with van der Waals surface area (Å²) < 4.78 is 5.62. The molecule has 0 radical (unpaired) electrons. The summed E-state index contributed by atoms with van der Waals surface area (Å²) in [7, 11) is 0. The number of thiazole rings is 1. The minimum atomic E-state index is 0.474. The van der Waals surface area contributed by atoms with E-state index in [9.17, 15) is 0 Å². The van der Waals surface area contributed by atoms with Crippen LogP contribution in [0, 0.1) is 0 Å². The van der Waals surface area contributed by atoms with Crippen LogP contribution in [0.1, 0.15) is 36.4 Å². The van der Waals surface area contributed by atoms with Gasteiger partial charge < -0.3 is 10.1 Å². The van der Waals surface area contributed by atoms with Crippen molar-refractivity contribution in [3.8, 4) is 10.4 Å². The van der Waals surface area contributed by atoms with E-state index in [0.717, 1.165) is 32.7 Å². The fraction of sp³-hybridized carbons (Fsp3) is 0.471. The molecule has 21 heavy (non-hydrogen) atoms. The quantitative estimate of drug-likeness (QED) is 0.912. The van der Waals surface area contributed by atoms with Crippen LogP contribution in [0.25, 0.3) is 10.4 Å². The van der Waals surface area contributed by atoms with Crippen LogP contribution < -0.4 is 5.32 Å². The van der Waals surface area contributed by atoms with Gasteiger partial charge in [0.2, 0.25) is 0 Å². The molecule has 1 unspecified atom stereocenters. The molecule has 1 fully saturated rings. The van der Waals surface area contributed by atoms with E-state index in [1.54, 1.807) is 0 Å². The van der Waals surface area contributed by atoms with Gasteiger partial charge in [0, 0.05) is 19.1 Å². The van der Waals surface area contributed by atoms with E-state index in [0.29, 0.717) is 5.92 Å². The van der Waals surface area contributed by atoms with Crippen molar-refractivity contribution < 1.29 is 4.74 Å². The summed E-state index contributed by atoms with van der Waals surface area (Å²) in [6, 6.07) is 10.6. The third-order valence-corrected chi connectivity index (χ3v) is 5.11. The van der Waals surface area contributed by atoms with Gasteiger partial charge in [-0.3, -0.25) is 0 Å². The first-order valence-electron chi connectivity index (χ1n) is 7.72. The summed E-state index contributed by atoms with van der Waals surface area (Å²) in [4.78, 5) is 6.23. The number of nitrogens with one attached hydrogen (secondary N) is 1. The number of ether oxygens (including phenoxy) is 1.